The molecule has 0 saturated heterocycles. The molecule has 60 valence electrons. The number of aryl methyl sites for hydroxylation is 1. The van der Waals surface area contributed by atoms with E-state index in [9.17, 15) is 0 Å². The highest BCUT2D eigenvalue weighted by molar-refractivity contribution is 7.80. The van der Waals surface area contributed by atoms with Gasteiger partial charge >= 0.3 is 0 Å². The summed E-state index contributed by atoms with van der Waals surface area (Å²) in [5, 5.41) is 4.06. The van der Waals surface area contributed by atoms with Gasteiger partial charge in [-0.2, -0.15) is 17.7 Å². The molecule has 0 N–H and O–H groups in total. The predicted octanol–water partition coefficient (Wildman–Crippen LogP) is 1.85. The van der Waals surface area contributed by atoms with Gasteiger partial charge in [-0.15, -0.1) is 0 Å². The first-order valence-corrected chi connectivity index (χ1v) is 4.26. The third-order valence-electron chi connectivity index (χ3n) is 1.47. The Bertz CT molecular complexity index is 230. The predicted molar refractivity (Wildman–Crippen MR) is 50.8 cm³/mol. The number of aromatic nitrogens is 2. The average Bonchev–Trinajstić information content (AvgIpc) is 2.48. The molecular weight excluding hydrogens is 156 g/mol. The second-order valence-electron chi connectivity index (χ2n) is 2.34. The van der Waals surface area contributed by atoms with Crippen LogP contribution in [-0.4, -0.2) is 15.5 Å². The molecule has 0 unspecified atom stereocenters. The lowest BCUT2D eigenvalue weighted by atomic mass is 10.2. The molecule has 1 aromatic rings. The van der Waals surface area contributed by atoms with Crippen LogP contribution in [0.2, 0.25) is 0 Å². The van der Waals surface area contributed by atoms with Crippen LogP contribution < -0.4 is 0 Å². The van der Waals surface area contributed by atoms with Gasteiger partial charge in [0.2, 0.25) is 0 Å². The van der Waals surface area contributed by atoms with Crippen LogP contribution in [0.4, 0.5) is 0 Å². The number of rotatable bonds is 4. The first-order chi connectivity index (χ1) is 5.36. The molecule has 0 aliphatic carbocycles. The van der Waals surface area contributed by atoms with Crippen LogP contribution in [0.25, 0.3) is 6.20 Å². The Labute approximate surface area is 72.3 Å². The summed E-state index contributed by atoms with van der Waals surface area (Å²) in [5.41, 5.74) is 1.25. The Balaban J connectivity index is 2.51. The Morgan fingerprint density at radius 3 is 3.09 bits per heavy atom. The van der Waals surface area contributed by atoms with E-state index in [2.05, 4.69) is 24.3 Å². The normalized spacial score (nSPS) is 9.91. The fourth-order valence-corrected chi connectivity index (χ4v) is 1.05. The van der Waals surface area contributed by atoms with Gasteiger partial charge in [0.05, 0.1) is 6.20 Å². The summed E-state index contributed by atoms with van der Waals surface area (Å²) in [6, 6.07) is 0. The second kappa shape index (κ2) is 4.23. The van der Waals surface area contributed by atoms with Crippen LogP contribution in [0.1, 0.15) is 12.0 Å². The maximum atomic E-state index is 4.13. The molecule has 0 aliphatic heterocycles. The van der Waals surface area contributed by atoms with Crippen LogP contribution in [0, 0.1) is 0 Å². The standard InChI is InChI=1S/C8H12N2S/c1-2-10-7-8(6-9-10)4-3-5-11/h2,6-7,11H,1,3-5H2. The molecule has 1 heterocycles. The molecule has 0 spiro atoms. The van der Waals surface area contributed by atoms with E-state index in [0.29, 0.717) is 0 Å². The van der Waals surface area contributed by atoms with Crippen molar-refractivity contribution < 1.29 is 0 Å². The molecule has 0 aromatic carbocycles. The minimum atomic E-state index is 0.930. The van der Waals surface area contributed by atoms with Crippen molar-refractivity contribution in [3.8, 4) is 0 Å². The smallest absolute Gasteiger partial charge is 0.0525 e. The molecule has 0 fully saturated rings. The van der Waals surface area contributed by atoms with Crippen LogP contribution >= 0.6 is 12.6 Å². The van der Waals surface area contributed by atoms with E-state index in [4.69, 9.17) is 0 Å². The monoisotopic (exact) mass is 168 g/mol. The van der Waals surface area contributed by atoms with E-state index in [1.54, 1.807) is 10.9 Å². The number of thiol groups is 1. The number of nitrogens with zero attached hydrogens (tertiary/aromatic N) is 2. The van der Waals surface area contributed by atoms with Gasteiger partial charge in [-0.3, -0.25) is 0 Å². The van der Waals surface area contributed by atoms with Crippen LogP contribution in [0.3, 0.4) is 0 Å². The molecular formula is C8H12N2S. The van der Waals surface area contributed by atoms with Crippen molar-refractivity contribution in [2.45, 2.75) is 12.8 Å². The zero-order valence-corrected chi connectivity index (χ0v) is 7.30. The Hall–Kier alpha value is -0.700. The van der Waals surface area contributed by atoms with Crippen LogP contribution in [0.5, 0.6) is 0 Å². The van der Waals surface area contributed by atoms with E-state index in [0.717, 1.165) is 18.6 Å². The highest BCUT2D eigenvalue weighted by Gasteiger charge is 1.94. The quantitative estimate of drug-likeness (QED) is 0.679. The highest BCUT2D eigenvalue weighted by Crippen LogP contribution is 2.02. The van der Waals surface area contributed by atoms with Gasteiger partial charge in [-0.1, -0.05) is 6.58 Å². The lowest BCUT2D eigenvalue weighted by Crippen LogP contribution is -1.84. The highest BCUT2D eigenvalue weighted by atomic mass is 32.1. The summed E-state index contributed by atoms with van der Waals surface area (Å²) in [6.45, 7) is 3.61. The van der Waals surface area contributed by atoms with Crippen molar-refractivity contribution in [1.29, 1.82) is 0 Å². The first kappa shape index (κ1) is 8.40. The van der Waals surface area contributed by atoms with E-state index in [-0.39, 0.29) is 0 Å². The minimum Gasteiger partial charge on any atom is -0.249 e. The van der Waals surface area contributed by atoms with Crippen molar-refractivity contribution in [3.05, 3.63) is 24.5 Å². The van der Waals surface area contributed by atoms with Crippen molar-refractivity contribution in [1.82, 2.24) is 9.78 Å². The maximum absolute atomic E-state index is 4.13. The van der Waals surface area contributed by atoms with Gasteiger partial charge in [0.25, 0.3) is 0 Å². The van der Waals surface area contributed by atoms with Crippen molar-refractivity contribution in [2.24, 2.45) is 0 Å². The van der Waals surface area contributed by atoms with Crippen molar-refractivity contribution in [3.63, 3.8) is 0 Å². The molecule has 1 rings (SSSR count). The van der Waals surface area contributed by atoms with E-state index in [1.165, 1.54) is 5.56 Å². The Morgan fingerprint density at radius 1 is 1.73 bits per heavy atom. The number of hydrogen-bond acceptors (Lipinski definition) is 2. The summed E-state index contributed by atoms with van der Waals surface area (Å²) in [4.78, 5) is 0. The molecule has 0 bridgehead atoms. The van der Waals surface area contributed by atoms with Gasteiger partial charge in [0.1, 0.15) is 0 Å². The number of hydrogen-bond donors (Lipinski definition) is 1. The minimum absolute atomic E-state index is 0.930. The topological polar surface area (TPSA) is 17.8 Å². The van der Waals surface area contributed by atoms with E-state index < -0.39 is 0 Å². The van der Waals surface area contributed by atoms with Crippen LogP contribution in [-0.2, 0) is 6.42 Å². The fourth-order valence-electron chi connectivity index (χ4n) is 0.890. The molecule has 0 radical (unpaired) electrons. The van der Waals surface area contributed by atoms with Crippen molar-refractivity contribution in [2.75, 3.05) is 5.75 Å². The molecule has 0 saturated carbocycles. The summed E-state index contributed by atoms with van der Waals surface area (Å²) in [6.07, 6.45) is 7.69. The Kier molecular flexibility index (Phi) is 3.23. The fraction of sp³-hybridized carbons (Fsp3) is 0.375. The third-order valence-corrected chi connectivity index (χ3v) is 1.78. The van der Waals surface area contributed by atoms with E-state index in [1.807, 2.05) is 12.4 Å². The molecule has 0 aliphatic rings. The molecule has 1 aromatic heterocycles. The molecule has 2 nitrogen and oxygen atoms in total. The van der Waals surface area contributed by atoms with E-state index >= 15 is 0 Å². The second-order valence-corrected chi connectivity index (χ2v) is 2.79. The maximum Gasteiger partial charge on any atom is 0.0525 e. The SMILES string of the molecule is C=Cn1cc(CCCS)cn1. The van der Waals surface area contributed by atoms with Gasteiger partial charge in [-0.05, 0) is 24.2 Å². The zero-order valence-electron chi connectivity index (χ0n) is 6.40. The van der Waals surface area contributed by atoms with Gasteiger partial charge in [-0.25, -0.2) is 4.68 Å². The van der Waals surface area contributed by atoms with Gasteiger partial charge in [0, 0.05) is 12.4 Å². The molecule has 0 atom stereocenters. The third kappa shape index (κ3) is 2.42. The molecule has 0 amide bonds. The van der Waals surface area contributed by atoms with Crippen LogP contribution in [0.15, 0.2) is 19.0 Å². The summed E-state index contributed by atoms with van der Waals surface area (Å²) in [5.74, 6) is 0.930. The average molecular weight is 168 g/mol. The first-order valence-electron chi connectivity index (χ1n) is 3.63. The van der Waals surface area contributed by atoms with Gasteiger partial charge < -0.3 is 0 Å². The Morgan fingerprint density at radius 2 is 2.55 bits per heavy atom. The molecule has 11 heavy (non-hydrogen) atoms. The zero-order chi connectivity index (χ0) is 8.10. The van der Waals surface area contributed by atoms with Gasteiger partial charge in [0.15, 0.2) is 0 Å². The summed E-state index contributed by atoms with van der Waals surface area (Å²) < 4.78 is 1.72. The summed E-state index contributed by atoms with van der Waals surface area (Å²) in [7, 11) is 0. The molecule has 3 heteroatoms. The summed E-state index contributed by atoms with van der Waals surface area (Å²) >= 11 is 4.13. The lowest BCUT2D eigenvalue weighted by Gasteiger charge is -1.90. The largest absolute Gasteiger partial charge is 0.249 e. The van der Waals surface area contributed by atoms with Crippen molar-refractivity contribution >= 4 is 18.8 Å². The lowest BCUT2D eigenvalue weighted by molar-refractivity contribution is 0.926.